The third-order valence-corrected chi connectivity index (χ3v) is 3.93. The fraction of sp³-hybridized carbons (Fsp3) is 0.308. The number of aromatic nitrogens is 3. The SMILES string of the molecule is Cc1ccc(C)c(N=C2CSc3nnc(C)n3N2)c1. The van der Waals surface area contributed by atoms with E-state index in [9.17, 15) is 0 Å². The molecular weight excluding hydrogens is 258 g/mol. The summed E-state index contributed by atoms with van der Waals surface area (Å²) in [6.45, 7) is 6.07. The van der Waals surface area contributed by atoms with Crippen molar-refractivity contribution in [3.8, 4) is 0 Å². The molecule has 0 spiro atoms. The second kappa shape index (κ2) is 4.70. The molecule has 0 aliphatic carbocycles. The Morgan fingerprint density at radius 1 is 1.26 bits per heavy atom. The van der Waals surface area contributed by atoms with Crippen LogP contribution in [0.4, 0.5) is 5.69 Å². The Morgan fingerprint density at radius 3 is 2.95 bits per heavy atom. The number of nitrogens with one attached hydrogen (secondary N) is 1. The van der Waals surface area contributed by atoms with Crippen molar-refractivity contribution in [3.05, 3.63) is 35.2 Å². The van der Waals surface area contributed by atoms with E-state index in [1.54, 1.807) is 11.8 Å². The lowest BCUT2D eigenvalue weighted by Gasteiger charge is -2.18. The van der Waals surface area contributed by atoms with E-state index in [0.717, 1.165) is 28.3 Å². The van der Waals surface area contributed by atoms with Crippen LogP contribution in [0.3, 0.4) is 0 Å². The van der Waals surface area contributed by atoms with Gasteiger partial charge in [-0.25, -0.2) is 9.67 Å². The minimum Gasteiger partial charge on any atom is -0.277 e. The van der Waals surface area contributed by atoms with Crippen molar-refractivity contribution >= 4 is 23.3 Å². The smallest absolute Gasteiger partial charge is 0.210 e. The Kier molecular flexibility index (Phi) is 3.02. The molecule has 98 valence electrons. The quantitative estimate of drug-likeness (QED) is 0.867. The van der Waals surface area contributed by atoms with Gasteiger partial charge in [0.25, 0.3) is 0 Å². The van der Waals surface area contributed by atoms with E-state index in [-0.39, 0.29) is 0 Å². The zero-order valence-corrected chi connectivity index (χ0v) is 12.0. The Labute approximate surface area is 116 Å². The molecule has 5 nitrogen and oxygen atoms in total. The molecule has 1 aromatic carbocycles. The first kappa shape index (κ1) is 12.2. The number of nitrogens with zero attached hydrogens (tertiary/aromatic N) is 4. The Morgan fingerprint density at radius 2 is 2.11 bits per heavy atom. The molecule has 1 aliphatic heterocycles. The molecule has 1 N–H and O–H groups in total. The largest absolute Gasteiger partial charge is 0.277 e. The van der Waals surface area contributed by atoms with Crippen molar-refractivity contribution in [3.63, 3.8) is 0 Å². The summed E-state index contributed by atoms with van der Waals surface area (Å²) in [5, 5.41) is 9.02. The van der Waals surface area contributed by atoms with Gasteiger partial charge in [0.2, 0.25) is 5.16 Å². The van der Waals surface area contributed by atoms with Crippen molar-refractivity contribution in [2.45, 2.75) is 25.9 Å². The summed E-state index contributed by atoms with van der Waals surface area (Å²) >= 11 is 1.64. The molecule has 6 heteroatoms. The van der Waals surface area contributed by atoms with Gasteiger partial charge >= 0.3 is 0 Å². The third-order valence-electron chi connectivity index (χ3n) is 2.99. The van der Waals surface area contributed by atoms with E-state index in [1.807, 2.05) is 11.6 Å². The number of rotatable bonds is 1. The van der Waals surface area contributed by atoms with E-state index in [1.165, 1.54) is 11.1 Å². The number of aryl methyl sites for hydroxylation is 3. The lowest BCUT2D eigenvalue weighted by atomic mass is 10.1. The summed E-state index contributed by atoms with van der Waals surface area (Å²) in [7, 11) is 0. The van der Waals surface area contributed by atoms with Gasteiger partial charge in [0, 0.05) is 0 Å². The predicted molar refractivity (Wildman–Crippen MR) is 77.9 cm³/mol. The fourth-order valence-electron chi connectivity index (χ4n) is 1.90. The molecule has 2 heterocycles. The molecule has 0 bridgehead atoms. The van der Waals surface area contributed by atoms with Crippen LogP contribution >= 0.6 is 11.8 Å². The van der Waals surface area contributed by atoms with Gasteiger partial charge in [-0.3, -0.25) is 5.43 Å². The lowest BCUT2D eigenvalue weighted by molar-refractivity contribution is 0.801. The van der Waals surface area contributed by atoms with Gasteiger partial charge in [0.1, 0.15) is 11.7 Å². The van der Waals surface area contributed by atoms with Crippen LogP contribution in [-0.4, -0.2) is 26.5 Å². The van der Waals surface area contributed by atoms with Crippen LogP contribution in [0, 0.1) is 20.8 Å². The summed E-state index contributed by atoms with van der Waals surface area (Å²) in [4.78, 5) is 4.71. The van der Waals surface area contributed by atoms with Crippen LogP contribution in [0.1, 0.15) is 17.0 Å². The van der Waals surface area contributed by atoms with E-state index in [2.05, 4.69) is 47.7 Å². The standard InChI is InChI=1S/C13H15N5S/c1-8-4-5-9(2)11(6-8)14-12-7-19-13-16-15-10(3)18(13)17-12/h4-6H,7H2,1-3H3,(H,14,17). The van der Waals surface area contributed by atoms with Crippen LogP contribution in [0.15, 0.2) is 28.3 Å². The van der Waals surface area contributed by atoms with Gasteiger partial charge in [-0.05, 0) is 38.0 Å². The minimum absolute atomic E-state index is 0.783. The van der Waals surface area contributed by atoms with E-state index < -0.39 is 0 Å². The average molecular weight is 273 g/mol. The molecule has 1 aromatic heterocycles. The number of thioether (sulfide) groups is 1. The minimum atomic E-state index is 0.783. The monoisotopic (exact) mass is 273 g/mol. The molecular formula is C13H15N5S. The van der Waals surface area contributed by atoms with Gasteiger partial charge in [-0.1, -0.05) is 23.9 Å². The number of amidine groups is 1. The van der Waals surface area contributed by atoms with Gasteiger partial charge in [0.15, 0.2) is 0 Å². The molecule has 2 aromatic rings. The van der Waals surface area contributed by atoms with Crippen LogP contribution in [0.25, 0.3) is 0 Å². The number of benzene rings is 1. The van der Waals surface area contributed by atoms with Crippen molar-refractivity contribution < 1.29 is 0 Å². The van der Waals surface area contributed by atoms with Crippen LogP contribution in [0.5, 0.6) is 0 Å². The number of fused-ring (bicyclic) bond motifs is 1. The van der Waals surface area contributed by atoms with E-state index >= 15 is 0 Å². The van der Waals surface area contributed by atoms with Crippen molar-refractivity contribution in [2.75, 3.05) is 11.2 Å². The molecule has 0 saturated heterocycles. The first-order valence-electron chi connectivity index (χ1n) is 6.10. The first-order valence-corrected chi connectivity index (χ1v) is 7.09. The van der Waals surface area contributed by atoms with Gasteiger partial charge in [-0.2, -0.15) is 0 Å². The second-order valence-electron chi connectivity index (χ2n) is 4.61. The van der Waals surface area contributed by atoms with Crippen molar-refractivity contribution in [1.82, 2.24) is 14.9 Å². The predicted octanol–water partition coefficient (Wildman–Crippen LogP) is 2.58. The maximum atomic E-state index is 4.71. The van der Waals surface area contributed by atoms with Crippen LogP contribution in [-0.2, 0) is 0 Å². The second-order valence-corrected chi connectivity index (χ2v) is 5.56. The molecule has 0 radical (unpaired) electrons. The molecule has 19 heavy (non-hydrogen) atoms. The van der Waals surface area contributed by atoms with Crippen molar-refractivity contribution in [1.29, 1.82) is 0 Å². The molecule has 0 unspecified atom stereocenters. The summed E-state index contributed by atoms with van der Waals surface area (Å²) in [6, 6.07) is 6.30. The number of aliphatic imine (C=N–C) groups is 1. The zero-order chi connectivity index (χ0) is 13.4. The van der Waals surface area contributed by atoms with Crippen LogP contribution < -0.4 is 5.43 Å². The topological polar surface area (TPSA) is 55.1 Å². The van der Waals surface area contributed by atoms with Crippen LogP contribution in [0.2, 0.25) is 0 Å². The maximum absolute atomic E-state index is 4.71. The highest BCUT2D eigenvalue weighted by Crippen LogP contribution is 2.24. The lowest BCUT2D eigenvalue weighted by Crippen LogP contribution is -2.30. The third kappa shape index (κ3) is 2.35. The summed E-state index contributed by atoms with van der Waals surface area (Å²) in [5.74, 6) is 2.55. The van der Waals surface area contributed by atoms with E-state index in [0.29, 0.717) is 0 Å². The summed E-state index contributed by atoms with van der Waals surface area (Å²) in [6.07, 6.45) is 0. The Balaban J connectivity index is 1.94. The highest BCUT2D eigenvalue weighted by atomic mass is 32.2. The highest BCUT2D eigenvalue weighted by molar-refractivity contribution is 7.99. The highest BCUT2D eigenvalue weighted by Gasteiger charge is 2.17. The molecule has 0 atom stereocenters. The number of hydrogen-bond acceptors (Lipinski definition) is 4. The summed E-state index contributed by atoms with van der Waals surface area (Å²) in [5.41, 5.74) is 6.67. The molecule has 3 rings (SSSR count). The molecule has 1 aliphatic rings. The Hall–Kier alpha value is -1.82. The normalized spacial score (nSPS) is 16.3. The van der Waals surface area contributed by atoms with Gasteiger partial charge in [0.05, 0.1) is 11.4 Å². The Bertz CT molecular complexity index is 659. The van der Waals surface area contributed by atoms with Gasteiger partial charge in [-0.15, -0.1) is 10.2 Å². The first-order chi connectivity index (χ1) is 9.13. The summed E-state index contributed by atoms with van der Waals surface area (Å²) < 4.78 is 1.87. The zero-order valence-electron chi connectivity index (χ0n) is 11.1. The average Bonchev–Trinajstić information content (AvgIpc) is 2.76. The fourth-order valence-corrected chi connectivity index (χ4v) is 2.70. The van der Waals surface area contributed by atoms with Gasteiger partial charge < -0.3 is 0 Å². The molecule has 0 amide bonds. The molecule has 0 saturated carbocycles. The molecule has 0 fully saturated rings. The van der Waals surface area contributed by atoms with Crippen molar-refractivity contribution in [2.24, 2.45) is 4.99 Å². The maximum Gasteiger partial charge on any atom is 0.210 e. The number of hydrogen-bond donors (Lipinski definition) is 1. The van der Waals surface area contributed by atoms with E-state index in [4.69, 9.17) is 4.99 Å².